The summed E-state index contributed by atoms with van der Waals surface area (Å²) in [7, 11) is 3.00. The first-order chi connectivity index (χ1) is 16.7. The van der Waals surface area contributed by atoms with Gasteiger partial charge in [-0.2, -0.15) is 13.2 Å². The number of hydrogen-bond donors (Lipinski definition) is 3. The van der Waals surface area contributed by atoms with Gasteiger partial charge in [0.15, 0.2) is 0 Å². The molecule has 1 unspecified atom stereocenters. The normalized spacial score (nSPS) is 14.7. The molecule has 0 heterocycles. The fourth-order valence-corrected chi connectivity index (χ4v) is 4.27. The van der Waals surface area contributed by atoms with E-state index in [4.69, 9.17) is 4.74 Å². The molecule has 0 fully saturated rings. The first-order valence-corrected chi connectivity index (χ1v) is 11.0. The van der Waals surface area contributed by atoms with Gasteiger partial charge in [0.2, 0.25) is 0 Å². The van der Waals surface area contributed by atoms with Crippen LogP contribution < -0.4 is 20.7 Å². The monoisotopic (exact) mass is 483 g/mol. The van der Waals surface area contributed by atoms with E-state index >= 15 is 0 Å². The smallest absolute Gasteiger partial charge is 0.416 e. The number of rotatable bonds is 5. The van der Waals surface area contributed by atoms with Crippen LogP contribution in [0.25, 0.3) is 11.1 Å². The van der Waals surface area contributed by atoms with Gasteiger partial charge in [-0.05, 0) is 65.9 Å². The van der Waals surface area contributed by atoms with E-state index in [-0.39, 0.29) is 17.6 Å². The Bertz CT molecular complexity index is 1260. The molecule has 3 amide bonds. The standard InChI is InChI=1S/C26H24F3N3O3/c1-30-25(34)32-20-12-16-8-11-19(13-17(16)14-20)31-24(33)21-4-3-5-22(35-2)23(21)15-6-9-18(10-7-15)26(27,28)29/h3-11,13,20H,12,14H2,1-2H3,(H,31,33)(H2,30,32,34). The predicted molar refractivity (Wildman–Crippen MR) is 127 cm³/mol. The number of ether oxygens (including phenoxy) is 1. The average molecular weight is 483 g/mol. The number of benzene rings is 3. The Hall–Kier alpha value is -4.01. The maximum absolute atomic E-state index is 13.2. The molecule has 3 aromatic rings. The third kappa shape index (κ3) is 5.24. The van der Waals surface area contributed by atoms with E-state index in [0.717, 1.165) is 23.3 Å². The van der Waals surface area contributed by atoms with Crippen LogP contribution in [0.3, 0.4) is 0 Å². The van der Waals surface area contributed by atoms with Crippen molar-refractivity contribution in [2.24, 2.45) is 0 Å². The average Bonchev–Trinajstić information content (AvgIpc) is 3.24. The SMILES string of the molecule is CNC(=O)NC1Cc2ccc(NC(=O)c3cccc(OC)c3-c3ccc(C(F)(F)F)cc3)cc2C1. The molecule has 9 heteroatoms. The number of urea groups is 1. The van der Waals surface area contributed by atoms with Gasteiger partial charge in [0.05, 0.1) is 18.2 Å². The fourth-order valence-electron chi connectivity index (χ4n) is 4.27. The number of carbonyl (C=O) groups excluding carboxylic acids is 2. The second-order valence-corrected chi connectivity index (χ2v) is 8.22. The molecule has 0 saturated heterocycles. The molecule has 0 spiro atoms. The van der Waals surface area contributed by atoms with E-state index < -0.39 is 17.6 Å². The summed E-state index contributed by atoms with van der Waals surface area (Å²) in [4.78, 5) is 24.9. The van der Waals surface area contributed by atoms with Crippen molar-refractivity contribution in [2.45, 2.75) is 25.1 Å². The molecule has 0 saturated carbocycles. The Kier molecular flexibility index (Phi) is 6.68. The molecule has 0 aromatic heterocycles. The lowest BCUT2D eigenvalue weighted by Gasteiger charge is -2.15. The van der Waals surface area contributed by atoms with Crippen molar-refractivity contribution < 1.29 is 27.5 Å². The van der Waals surface area contributed by atoms with E-state index in [1.807, 2.05) is 12.1 Å². The highest BCUT2D eigenvalue weighted by atomic mass is 19.4. The van der Waals surface area contributed by atoms with Gasteiger partial charge in [-0.1, -0.05) is 24.3 Å². The number of anilines is 1. The second kappa shape index (κ2) is 9.69. The first-order valence-electron chi connectivity index (χ1n) is 11.0. The molecule has 1 atom stereocenters. The number of amides is 3. The van der Waals surface area contributed by atoms with Crippen molar-refractivity contribution in [3.05, 3.63) is 82.9 Å². The number of hydrogen-bond acceptors (Lipinski definition) is 3. The molecule has 6 nitrogen and oxygen atoms in total. The van der Waals surface area contributed by atoms with Crippen LogP contribution >= 0.6 is 0 Å². The van der Waals surface area contributed by atoms with Crippen molar-refractivity contribution in [1.82, 2.24) is 10.6 Å². The summed E-state index contributed by atoms with van der Waals surface area (Å²) >= 11 is 0. The zero-order chi connectivity index (χ0) is 25.2. The molecule has 3 N–H and O–H groups in total. The molecule has 0 bridgehead atoms. The highest BCUT2D eigenvalue weighted by molar-refractivity contribution is 6.09. The largest absolute Gasteiger partial charge is 0.496 e. The van der Waals surface area contributed by atoms with E-state index in [1.165, 1.54) is 19.2 Å². The molecule has 3 aromatic carbocycles. The quantitative estimate of drug-likeness (QED) is 0.476. The summed E-state index contributed by atoms with van der Waals surface area (Å²) < 4.78 is 44.4. The van der Waals surface area contributed by atoms with Crippen LogP contribution in [0.1, 0.15) is 27.0 Å². The van der Waals surface area contributed by atoms with Gasteiger partial charge in [-0.25, -0.2) is 4.79 Å². The minimum Gasteiger partial charge on any atom is -0.496 e. The van der Waals surface area contributed by atoms with Gasteiger partial charge >= 0.3 is 12.2 Å². The third-order valence-corrected chi connectivity index (χ3v) is 5.95. The second-order valence-electron chi connectivity index (χ2n) is 8.22. The topological polar surface area (TPSA) is 79.5 Å². The lowest BCUT2D eigenvalue weighted by molar-refractivity contribution is -0.137. The summed E-state index contributed by atoms with van der Waals surface area (Å²) in [6.07, 6.45) is -3.12. The Morgan fingerprint density at radius 1 is 0.971 bits per heavy atom. The fraction of sp³-hybridized carbons (Fsp3) is 0.231. The van der Waals surface area contributed by atoms with E-state index in [2.05, 4.69) is 16.0 Å². The van der Waals surface area contributed by atoms with Crippen molar-refractivity contribution in [2.75, 3.05) is 19.5 Å². The van der Waals surface area contributed by atoms with Gasteiger partial charge in [0.1, 0.15) is 5.75 Å². The van der Waals surface area contributed by atoms with E-state index in [1.54, 1.807) is 31.3 Å². The molecule has 182 valence electrons. The zero-order valence-electron chi connectivity index (χ0n) is 19.1. The maximum Gasteiger partial charge on any atom is 0.416 e. The molecular weight excluding hydrogens is 459 g/mol. The Labute approximate surface area is 200 Å². The van der Waals surface area contributed by atoms with Gasteiger partial charge in [-0.3, -0.25) is 4.79 Å². The third-order valence-electron chi connectivity index (χ3n) is 5.95. The maximum atomic E-state index is 13.2. The van der Waals surface area contributed by atoms with Crippen LogP contribution in [0.4, 0.5) is 23.7 Å². The predicted octanol–water partition coefficient (Wildman–Crippen LogP) is 5.03. The molecule has 4 rings (SSSR count). The molecule has 1 aliphatic carbocycles. The molecule has 1 aliphatic rings. The molecular formula is C26H24F3N3O3. The first kappa shape index (κ1) is 24.1. The van der Waals surface area contributed by atoms with Crippen LogP contribution in [-0.4, -0.2) is 32.1 Å². The number of alkyl halides is 3. The highest BCUT2D eigenvalue weighted by Gasteiger charge is 2.30. The number of halogens is 3. The minimum atomic E-state index is -4.46. The summed E-state index contributed by atoms with van der Waals surface area (Å²) in [6.45, 7) is 0. The Balaban J connectivity index is 1.59. The number of nitrogens with one attached hydrogen (secondary N) is 3. The molecule has 35 heavy (non-hydrogen) atoms. The van der Waals surface area contributed by atoms with Crippen LogP contribution in [0, 0.1) is 0 Å². The Morgan fingerprint density at radius 2 is 1.69 bits per heavy atom. The molecule has 0 aliphatic heterocycles. The van der Waals surface area contributed by atoms with E-state index in [0.29, 0.717) is 35.4 Å². The summed E-state index contributed by atoms with van der Waals surface area (Å²) in [5, 5.41) is 8.31. The van der Waals surface area contributed by atoms with Gasteiger partial charge in [-0.15, -0.1) is 0 Å². The van der Waals surface area contributed by atoms with Gasteiger partial charge < -0.3 is 20.7 Å². The number of fused-ring (bicyclic) bond motifs is 1. The van der Waals surface area contributed by atoms with Crippen LogP contribution in [0.2, 0.25) is 0 Å². The van der Waals surface area contributed by atoms with Crippen molar-refractivity contribution in [1.29, 1.82) is 0 Å². The Morgan fingerprint density at radius 3 is 2.34 bits per heavy atom. The lowest BCUT2D eigenvalue weighted by Crippen LogP contribution is -2.40. The number of methoxy groups -OCH3 is 1. The van der Waals surface area contributed by atoms with Gasteiger partial charge in [0.25, 0.3) is 5.91 Å². The highest BCUT2D eigenvalue weighted by Crippen LogP contribution is 2.36. The van der Waals surface area contributed by atoms with Crippen LogP contribution in [0.15, 0.2) is 60.7 Å². The molecule has 0 radical (unpaired) electrons. The van der Waals surface area contributed by atoms with E-state index in [9.17, 15) is 22.8 Å². The van der Waals surface area contributed by atoms with Gasteiger partial charge in [0, 0.05) is 24.3 Å². The zero-order valence-corrected chi connectivity index (χ0v) is 19.1. The summed E-state index contributed by atoms with van der Waals surface area (Å²) in [5.41, 5.74) is 3.02. The summed E-state index contributed by atoms with van der Waals surface area (Å²) in [6, 6.07) is 14.8. The minimum absolute atomic E-state index is 0.0273. The summed E-state index contributed by atoms with van der Waals surface area (Å²) in [5.74, 6) is -0.0498. The van der Waals surface area contributed by atoms with Crippen molar-refractivity contribution in [3.8, 4) is 16.9 Å². The van der Waals surface area contributed by atoms with Crippen molar-refractivity contribution in [3.63, 3.8) is 0 Å². The lowest BCUT2D eigenvalue weighted by atomic mass is 9.96. The van der Waals surface area contributed by atoms with Crippen LogP contribution in [-0.2, 0) is 19.0 Å². The van der Waals surface area contributed by atoms with Crippen molar-refractivity contribution >= 4 is 17.6 Å². The number of carbonyl (C=O) groups is 2. The van der Waals surface area contributed by atoms with Crippen LogP contribution in [0.5, 0.6) is 5.75 Å².